The van der Waals surface area contributed by atoms with Crippen LogP contribution in [0.3, 0.4) is 0 Å². The zero-order chi connectivity index (χ0) is 22.6. The van der Waals surface area contributed by atoms with Crippen molar-refractivity contribution in [1.29, 1.82) is 0 Å². The number of carboxylic acid groups (broad SMARTS) is 1. The summed E-state index contributed by atoms with van der Waals surface area (Å²) in [7, 11) is 0. The zero-order valence-corrected chi connectivity index (χ0v) is 18.7. The monoisotopic (exact) mass is 463 g/mol. The quantitative estimate of drug-likeness (QED) is 0.572. The number of aryl methyl sites for hydroxylation is 2. The SMILES string of the molecule is Cc1ccccc1-n1nc(C)c2c1N=C1C(Cl)=CC(Cl)=CN1[C@H]2c1ccc(C(=O)[O-])cc1. The number of carbonyl (C=O) groups excluding carboxylic acids is 1. The summed E-state index contributed by atoms with van der Waals surface area (Å²) < 4.78 is 1.83. The Hall–Kier alpha value is -3.35. The summed E-state index contributed by atoms with van der Waals surface area (Å²) in [6.45, 7) is 3.95. The van der Waals surface area contributed by atoms with E-state index in [0.717, 1.165) is 28.1 Å². The van der Waals surface area contributed by atoms with E-state index in [1.54, 1.807) is 24.4 Å². The van der Waals surface area contributed by atoms with Crippen molar-refractivity contribution in [1.82, 2.24) is 14.7 Å². The Morgan fingerprint density at radius 3 is 2.47 bits per heavy atom. The molecule has 0 unspecified atom stereocenters. The molecular formula is C24H17Cl2N4O2-. The first-order valence-corrected chi connectivity index (χ1v) is 10.7. The van der Waals surface area contributed by atoms with E-state index in [1.807, 2.05) is 47.7 Å². The van der Waals surface area contributed by atoms with Gasteiger partial charge in [-0.1, -0.05) is 65.7 Å². The average Bonchev–Trinajstić information content (AvgIpc) is 3.09. The molecule has 2 aromatic carbocycles. The number of aromatic carboxylic acids is 1. The molecule has 2 aliphatic heterocycles. The molecule has 0 spiro atoms. The van der Waals surface area contributed by atoms with Crippen molar-refractivity contribution < 1.29 is 9.90 Å². The van der Waals surface area contributed by atoms with Gasteiger partial charge < -0.3 is 14.8 Å². The molecule has 0 bridgehead atoms. The summed E-state index contributed by atoms with van der Waals surface area (Å²) in [5.74, 6) is 0.000794. The van der Waals surface area contributed by atoms with E-state index in [4.69, 9.17) is 33.3 Å². The lowest BCUT2D eigenvalue weighted by atomic mass is 9.94. The van der Waals surface area contributed by atoms with Gasteiger partial charge in [0.15, 0.2) is 11.7 Å². The number of nitrogens with zero attached hydrogens (tertiary/aromatic N) is 4. The minimum Gasteiger partial charge on any atom is -0.545 e. The Balaban J connectivity index is 1.77. The molecule has 160 valence electrons. The Bertz CT molecular complexity index is 1350. The molecule has 1 aromatic heterocycles. The predicted molar refractivity (Wildman–Crippen MR) is 122 cm³/mol. The Kier molecular flexibility index (Phi) is 4.92. The molecule has 5 rings (SSSR count). The highest BCUT2D eigenvalue weighted by Gasteiger charge is 2.37. The summed E-state index contributed by atoms with van der Waals surface area (Å²) in [5.41, 5.74) is 4.63. The van der Waals surface area contributed by atoms with Crippen LogP contribution in [-0.2, 0) is 0 Å². The summed E-state index contributed by atoms with van der Waals surface area (Å²) in [6.07, 6.45) is 3.43. The first-order valence-electron chi connectivity index (χ1n) is 9.94. The maximum absolute atomic E-state index is 11.2. The average molecular weight is 464 g/mol. The summed E-state index contributed by atoms with van der Waals surface area (Å²) in [4.78, 5) is 18.0. The van der Waals surface area contributed by atoms with E-state index in [2.05, 4.69) is 0 Å². The van der Waals surface area contributed by atoms with Crippen LogP contribution in [0, 0.1) is 13.8 Å². The van der Waals surface area contributed by atoms with Crippen LogP contribution in [-0.4, -0.2) is 26.5 Å². The highest BCUT2D eigenvalue weighted by atomic mass is 35.5. The van der Waals surface area contributed by atoms with Crippen LogP contribution in [0.25, 0.3) is 5.69 Å². The highest BCUT2D eigenvalue weighted by molar-refractivity contribution is 6.45. The van der Waals surface area contributed by atoms with Crippen LogP contribution in [0.15, 0.2) is 75.9 Å². The maximum Gasteiger partial charge on any atom is 0.164 e. The lowest BCUT2D eigenvalue weighted by Gasteiger charge is -2.37. The van der Waals surface area contributed by atoms with Gasteiger partial charge in [0.1, 0.15) is 0 Å². The van der Waals surface area contributed by atoms with Crippen LogP contribution >= 0.6 is 23.2 Å². The van der Waals surface area contributed by atoms with Crippen LogP contribution in [0.2, 0.25) is 0 Å². The van der Waals surface area contributed by atoms with Gasteiger partial charge in [0, 0.05) is 11.8 Å². The fourth-order valence-corrected chi connectivity index (χ4v) is 4.67. The number of hydrogen-bond acceptors (Lipinski definition) is 5. The number of amidine groups is 1. The Morgan fingerprint density at radius 2 is 1.78 bits per heavy atom. The predicted octanol–water partition coefficient (Wildman–Crippen LogP) is 4.50. The number of aromatic nitrogens is 2. The van der Waals surface area contributed by atoms with E-state index < -0.39 is 5.97 Å². The van der Waals surface area contributed by atoms with Crippen molar-refractivity contribution in [2.75, 3.05) is 0 Å². The topological polar surface area (TPSA) is 73.5 Å². The van der Waals surface area contributed by atoms with Gasteiger partial charge in [-0.2, -0.15) is 5.10 Å². The highest BCUT2D eigenvalue weighted by Crippen LogP contribution is 2.45. The molecule has 32 heavy (non-hydrogen) atoms. The Labute approximate surface area is 194 Å². The van der Waals surface area contributed by atoms with E-state index in [0.29, 0.717) is 21.7 Å². The normalized spacial score (nSPS) is 17.2. The lowest BCUT2D eigenvalue weighted by Crippen LogP contribution is -2.36. The standard InChI is InChI=1S/C24H18Cl2N4O2/c1-13-5-3-4-6-19(13)30-23-20(14(2)28-30)21(15-7-9-16(10-8-15)24(31)32)29-12-17(25)11-18(26)22(29)27-23/h3-12,21H,1-2H3,(H,31,32)/p-1/t21-/m0/s1. The second kappa shape index (κ2) is 7.65. The van der Waals surface area contributed by atoms with Crippen LogP contribution in [0.5, 0.6) is 0 Å². The van der Waals surface area contributed by atoms with Crippen LogP contribution in [0.4, 0.5) is 5.82 Å². The summed E-state index contributed by atoms with van der Waals surface area (Å²) in [6, 6.07) is 14.2. The third-order valence-electron chi connectivity index (χ3n) is 5.64. The first-order chi connectivity index (χ1) is 15.3. The second-order valence-electron chi connectivity index (χ2n) is 7.68. The second-order valence-corrected chi connectivity index (χ2v) is 8.53. The fraction of sp³-hybridized carbons (Fsp3) is 0.125. The van der Waals surface area contributed by atoms with E-state index in [-0.39, 0.29) is 11.6 Å². The molecule has 0 radical (unpaired) electrons. The minimum atomic E-state index is -1.22. The number of carbonyl (C=O) groups is 1. The largest absolute Gasteiger partial charge is 0.545 e. The number of benzene rings is 2. The van der Waals surface area contributed by atoms with Gasteiger partial charge in [0.05, 0.1) is 33.5 Å². The number of carboxylic acids is 1. The molecule has 0 saturated carbocycles. The lowest BCUT2D eigenvalue weighted by molar-refractivity contribution is -0.255. The molecule has 0 saturated heterocycles. The number of hydrogen-bond donors (Lipinski definition) is 0. The molecule has 6 nitrogen and oxygen atoms in total. The number of fused-ring (bicyclic) bond motifs is 2. The van der Waals surface area contributed by atoms with Gasteiger partial charge in [-0.05, 0) is 42.7 Å². The van der Waals surface area contributed by atoms with Gasteiger partial charge in [0.2, 0.25) is 0 Å². The van der Waals surface area contributed by atoms with E-state index in [9.17, 15) is 9.90 Å². The summed E-state index contributed by atoms with van der Waals surface area (Å²) >= 11 is 12.9. The number of halogens is 2. The number of allylic oxidation sites excluding steroid dienone is 2. The van der Waals surface area contributed by atoms with Gasteiger partial charge >= 0.3 is 0 Å². The maximum atomic E-state index is 11.2. The molecule has 2 aliphatic rings. The molecule has 1 atom stereocenters. The van der Waals surface area contributed by atoms with Gasteiger partial charge in [-0.3, -0.25) is 0 Å². The van der Waals surface area contributed by atoms with Gasteiger partial charge in [0.25, 0.3) is 0 Å². The van der Waals surface area contributed by atoms with Crippen molar-refractivity contribution in [2.24, 2.45) is 4.99 Å². The van der Waals surface area contributed by atoms with Crippen LogP contribution in [0.1, 0.15) is 38.8 Å². The van der Waals surface area contributed by atoms with Crippen LogP contribution < -0.4 is 5.11 Å². The van der Waals surface area contributed by atoms with Gasteiger partial charge in [-0.25, -0.2) is 9.67 Å². The molecular weight excluding hydrogens is 447 g/mol. The first kappa shape index (κ1) is 20.5. The molecule has 0 aliphatic carbocycles. The van der Waals surface area contributed by atoms with Crippen molar-refractivity contribution in [2.45, 2.75) is 19.9 Å². The zero-order valence-electron chi connectivity index (χ0n) is 17.2. The molecule has 0 fully saturated rings. The Morgan fingerprint density at radius 1 is 1.06 bits per heavy atom. The van der Waals surface area contributed by atoms with Crippen molar-refractivity contribution in [3.63, 3.8) is 0 Å². The van der Waals surface area contributed by atoms with E-state index in [1.165, 1.54) is 12.1 Å². The number of para-hydroxylation sites is 1. The molecule has 3 heterocycles. The van der Waals surface area contributed by atoms with Crippen molar-refractivity contribution >= 4 is 40.8 Å². The summed E-state index contributed by atoms with van der Waals surface area (Å²) in [5, 5.41) is 16.9. The molecule has 0 amide bonds. The molecule has 3 aromatic rings. The van der Waals surface area contributed by atoms with Gasteiger partial charge in [-0.15, -0.1) is 0 Å². The minimum absolute atomic E-state index is 0.108. The molecule has 0 N–H and O–H groups in total. The fourth-order valence-electron chi connectivity index (χ4n) is 4.14. The molecule has 8 heteroatoms. The van der Waals surface area contributed by atoms with Crippen molar-refractivity contribution in [3.8, 4) is 5.69 Å². The van der Waals surface area contributed by atoms with E-state index >= 15 is 0 Å². The number of aliphatic imine (C=N–C) groups is 1. The third kappa shape index (κ3) is 3.23. The third-order valence-corrected chi connectivity index (χ3v) is 6.12. The van der Waals surface area contributed by atoms with Crippen molar-refractivity contribution in [3.05, 3.63) is 98.8 Å². The smallest absolute Gasteiger partial charge is 0.164 e. The number of rotatable bonds is 3.